The van der Waals surface area contributed by atoms with Crippen molar-refractivity contribution in [3.8, 4) is 0 Å². The van der Waals surface area contributed by atoms with Crippen molar-refractivity contribution in [1.29, 1.82) is 0 Å². The molecule has 0 saturated carbocycles. The van der Waals surface area contributed by atoms with Crippen LogP contribution in [0, 0.1) is 0 Å². The highest BCUT2D eigenvalue weighted by Gasteiger charge is 2.21. The van der Waals surface area contributed by atoms with Gasteiger partial charge in [0, 0.05) is 31.8 Å². The molecule has 2 aromatic carbocycles. The topological polar surface area (TPSA) is 23.6 Å². The summed E-state index contributed by atoms with van der Waals surface area (Å²) in [6.45, 7) is 3.89. The van der Waals surface area contributed by atoms with Crippen molar-refractivity contribution in [3.63, 3.8) is 0 Å². The maximum absolute atomic E-state index is 11.9. The Balaban J connectivity index is 2.10. The van der Waals surface area contributed by atoms with Crippen LogP contribution in [-0.4, -0.2) is 49.3 Å². The van der Waals surface area contributed by atoms with Crippen molar-refractivity contribution in [2.45, 2.75) is 0 Å². The highest BCUT2D eigenvalue weighted by atomic mass is 16.1. The van der Waals surface area contributed by atoms with Gasteiger partial charge in [-0.25, -0.2) is 0 Å². The lowest BCUT2D eigenvalue weighted by Crippen LogP contribution is -2.43. The molecule has 1 aliphatic heterocycles. The maximum atomic E-state index is 11.9. The summed E-state index contributed by atoms with van der Waals surface area (Å²) in [5, 5.41) is 0. The molecule has 1 saturated heterocycles. The SMILES string of the molecule is CN1CCN(/C(=C(\C=O)c2ccccc2)c2ccccc2)CC1. The van der Waals surface area contributed by atoms with Crippen molar-refractivity contribution in [1.82, 2.24) is 9.80 Å². The van der Waals surface area contributed by atoms with Crippen LogP contribution in [0.2, 0.25) is 0 Å². The molecule has 0 amide bonds. The fourth-order valence-corrected chi connectivity index (χ4v) is 3.01. The molecule has 0 spiro atoms. The number of benzene rings is 2. The van der Waals surface area contributed by atoms with Crippen LogP contribution in [0.1, 0.15) is 11.1 Å². The molecule has 23 heavy (non-hydrogen) atoms. The van der Waals surface area contributed by atoms with Crippen molar-refractivity contribution in [2.24, 2.45) is 0 Å². The van der Waals surface area contributed by atoms with Gasteiger partial charge in [-0.15, -0.1) is 0 Å². The number of carbonyl (C=O) groups is 1. The first-order valence-electron chi connectivity index (χ1n) is 8.03. The molecule has 0 N–H and O–H groups in total. The van der Waals surface area contributed by atoms with Gasteiger partial charge in [-0.05, 0) is 18.2 Å². The molecule has 0 radical (unpaired) electrons. The van der Waals surface area contributed by atoms with Gasteiger partial charge in [0.1, 0.15) is 0 Å². The van der Waals surface area contributed by atoms with Crippen LogP contribution in [0.15, 0.2) is 60.7 Å². The molecular weight excluding hydrogens is 284 g/mol. The lowest BCUT2D eigenvalue weighted by atomic mass is 9.99. The summed E-state index contributed by atoms with van der Waals surface area (Å²) in [4.78, 5) is 16.6. The Labute approximate surface area is 137 Å². The van der Waals surface area contributed by atoms with Crippen molar-refractivity contribution in [3.05, 3.63) is 71.8 Å². The number of aldehydes is 1. The second kappa shape index (κ2) is 7.25. The van der Waals surface area contributed by atoms with E-state index in [-0.39, 0.29) is 0 Å². The molecule has 0 aromatic heterocycles. The van der Waals surface area contributed by atoms with E-state index in [0.29, 0.717) is 0 Å². The summed E-state index contributed by atoms with van der Waals surface area (Å²) in [7, 11) is 2.14. The van der Waals surface area contributed by atoms with Crippen LogP contribution < -0.4 is 0 Å². The van der Waals surface area contributed by atoms with Crippen molar-refractivity contribution < 1.29 is 4.79 Å². The third-order valence-corrected chi connectivity index (χ3v) is 4.32. The molecule has 3 nitrogen and oxygen atoms in total. The van der Waals surface area contributed by atoms with E-state index in [1.807, 2.05) is 48.5 Å². The number of nitrogens with zero attached hydrogens (tertiary/aromatic N) is 2. The van der Waals surface area contributed by atoms with Gasteiger partial charge < -0.3 is 9.80 Å². The lowest BCUT2D eigenvalue weighted by molar-refractivity contribution is -0.103. The third-order valence-electron chi connectivity index (χ3n) is 4.32. The van der Waals surface area contributed by atoms with Crippen LogP contribution in [0.25, 0.3) is 11.3 Å². The average molecular weight is 306 g/mol. The zero-order valence-electron chi connectivity index (χ0n) is 13.5. The van der Waals surface area contributed by atoms with Gasteiger partial charge in [-0.1, -0.05) is 60.7 Å². The predicted octanol–water partition coefficient (Wildman–Crippen LogP) is 3.00. The highest BCUT2D eigenvalue weighted by Crippen LogP contribution is 2.29. The first-order chi connectivity index (χ1) is 11.3. The summed E-state index contributed by atoms with van der Waals surface area (Å²) >= 11 is 0. The summed E-state index contributed by atoms with van der Waals surface area (Å²) in [6.07, 6.45) is 0.996. The molecule has 1 fully saturated rings. The zero-order chi connectivity index (χ0) is 16.1. The van der Waals surface area contributed by atoms with E-state index in [0.717, 1.165) is 54.9 Å². The smallest absolute Gasteiger partial charge is 0.152 e. The zero-order valence-corrected chi connectivity index (χ0v) is 13.5. The molecule has 3 rings (SSSR count). The number of hydrogen-bond acceptors (Lipinski definition) is 3. The highest BCUT2D eigenvalue weighted by molar-refractivity contribution is 6.16. The van der Waals surface area contributed by atoms with Gasteiger partial charge >= 0.3 is 0 Å². The molecule has 0 aliphatic carbocycles. The number of rotatable bonds is 4. The Morgan fingerprint density at radius 3 is 1.87 bits per heavy atom. The second-order valence-electron chi connectivity index (χ2n) is 5.90. The quantitative estimate of drug-likeness (QED) is 0.493. The van der Waals surface area contributed by atoms with Crippen molar-refractivity contribution >= 4 is 17.6 Å². The van der Waals surface area contributed by atoms with Crippen LogP contribution >= 0.6 is 0 Å². The van der Waals surface area contributed by atoms with E-state index in [1.165, 1.54) is 0 Å². The Morgan fingerprint density at radius 1 is 0.826 bits per heavy atom. The Hall–Kier alpha value is -2.39. The number of piperazine rings is 1. The predicted molar refractivity (Wildman–Crippen MR) is 94.8 cm³/mol. The van der Waals surface area contributed by atoms with E-state index >= 15 is 0 Å². The van der Waals surface area contributed by atoms with Gasteiger partial charge in [0.15, 0.2) is 6.29 Å². The van der Waals surface area contributed by atoms with E-state index in [2.05, 4.69) is 29.0 Å². The average Bonchev–Trinajstić information content (AvgIpc) is 2.62. The van der Waals surface area contributed by atoms with Crippen LogP contribution in [0.4, 0.5) is 0 Å². The molecular formula is C20H22N2O. The summed E-state index contributed by atoms with van der Waals surface area (Å²) in [5.74, 6) is 0. The Bertz CT molecular complexity index is 671. The third kappa shape index (κ3) is 3.51. The molecule has 2 aromatic rings. The van der Waals surface area contributed by atoms with Gasteiger partial charge in [0.05, 0.1) is 5.70 Å². The van der Waals surface area contributed by atoms with E-state index in [4.69, 9.17) is 0 Å². The first kappa shape index (κ1) is 15.5. The van der Waals surface area contributed by atoms with Crippen molar-refractivity contribution in [2.75, 3.05) is 33.2 Å². The fourth-order valence-electron chi connectivity index (χ4n) is 3.01. The van der Waals surface area contributed by atoms with E-state index in [9.17, 15) is 4.79 Å². The summed E-state index contributed by atoms with van der Waals surface area (Å²) < 4.78 is 0. The Morgan fingerprint density at radius 2 is 1.35 bits per heavy atom. The number of carbonyl (C=O) groups excluding carboxylic acids is 1. The molecule has 0 bridgehead atoms. The van der Waals surface area contributed by atoms with Crippen LogP contribution in [0.3, 0.4) is 0 Å². The molecule has 118 valence electrons. The Kier molecular flexibility index (Phi) is 4.89. The standard InChI is InChI=1S/C20H22N2O/c1-21-12-14-22(15-13-21)20(18-10-6-3-7-11-18)19(16-23)17-8-4-2-5-9-17/h2-11,16H,12-15H2,1H3/b20-19+. The minimum Gasteiger partial charge on any atom is -0.368 e. The largest absolute Gasteiger partial charge is 0.368 e. The molecule has 1 heterocycles. The maximum Gasteiger partial charge on any atom is 0.152 e. The normalized spacial score (nSPS) is 16.8. The van der Waals surface area contributed by atoms with Gasteiger partial charge in [-0.3, -0.25) is 4.79 Å². The van der Waals surface area contributed by atoms with E-state index < -0.39 is 0 Å². The number of allylic oxidation sites excluding steroid dienone is 1. The molecule has 1 aliphatic rings. The summed E-state index contributed by atoms with van der Waals surface area (Å²) in [6, 6.07) is 20.2. The molecule has 0 atom stereocenters. The minimum atomic E-state index is 0.765. The monoisotopic (exact) mass is 306 g/mol. The second-order valence-corrected chi connectivity index (χ2v) is 5.90. The molecule has 0 unspecified atom stereocenters. The van der Waals surface area contributed by atoms with Gasteiger partial charge in [0.25, 0.3) is 0 Å². The lowest BCUT2D eigenvalue weighted by Gasteiger charge is -2.36. The van der Waals surface area contributed by atoms with Crippen LogP contribution in [-0.2, 0) is 4.79 Å². The summed E-state index contributed by atoms with van der Waals surface area (Å²) in [5.41, 5.74) is 3.88. The number of hydrogen-bond donors (Lipinski definition) is 0. The minimum absolute atomic E-state index is 0.765. The first-order valence-corrected chi connectivity index (χ1v) is 8.03. The number of likely N-dealkylation sites (N-methyl/N-ethyl adjacent to an activating group) is 1. The van der Waals surface area contributed by atoms with E-state index in [1.54, 1.807) is 0 Å². The van der Waals surface area contributed by atoms with Crippen LogP contribution in [0.5, 0.6) is 0 Å². The van der Waals surface area contributed by atoms with Gasteiger partial charge in [0.2, 0.25) is 0 Å². The molecule has 3 heteroatoms. The van der Waals surface area contributed by atoms with Gasteiger partial charge in [-0.2, -0.15) is 0 Å². The fraction of sp³-hybridized carbons (Fsp3) is 0.250.